The van der Waals surface area contributed by atoms with Crippen LogP contribution in [0.25, 0.3) is 0 Å². The number of ether oxygens (including phenoxy) is 1. The van der Waals surface area contributed by atoms with Crippen LogP contribution >= 0.6 is 0 Å². The topological polar surface area (TPSA) is 68.3 Å². The van der Waals surface area contributed by atoms with Gasteiger partial charge in [0.1, 0.15) is 10.7 Å². The number of aromatic nitrogens is 1. The summed E-state index contributed by atoms with van der Waals surface area (Å²) in [6, 6.07) is 0.666. The molecule has 0 radical (unpaired) electrons. The number of rotatable bonds is 3. The van der Waals surface area contributed by atoms with Gasteiger partial charge in [-0.05, 0) is 19.4 Å². The summed E-state index contributed by atoms with van der Waals surface area (Å²) in [5, 5.41) is 0. The maximum absolute atomic E-state index is 12.9. The first-order valence-corrected chi connectivity index (χ1v) is 6.72. The summed E-state index contributed by atoms with van der Waals surface area (Å²) in [7, 11) is -3.73. The van der Waals surface area contributed by atoms with Gasteiger partial charge in [-0.15, -0.1) is 0 Å². The van der Waals surface area contributed by atoms with Gasteiger partial charge in [-0.25, -0.2) is 17.5 Å². The highest BCUT2D eigenvalue weighted by atomic mass is 32.2. The van der Waals surface area contributed by atoms with E-state index < -0.39 is 15.8 Å². The van der Waals surface area contributed by atoms with E-state index in [1.54, 1.807) is 6.92 Å². The molecule has 1 aliphatic heterocycles. The van der Waals surface area contributed by atoms with Crippen molar-refractivity contribution >= 4 is 10.0 Å². The Bertz CT molecular complexity index is 506. The third kappa shape index (κ3) is 2.80. The van der Waals surface area contributed by atoms with Gasteiger partial charge in [-0.3, -0.25) is 4.98 Å². The van der Waals surface area contributed by atoms with E-state index in [1.807, 2.05) is 0 Å². The van der Waals surface area contributed by atoms with E-state index in [1.165, 1.54) is 0 Å². The predicted octanol–water partition coefficient (Wildman–Crippen LogP) is 0.676. The highest BCUT2D eigenvalue weighted by Crippen LogP contribution is 2.16. The van der Waals surface area contributed by atoms with E-state index >= 15 is 0 Å². The molecule has 0 spiro atoms. The fourth-order valence-corrected chi connectivity index (χ4v) is 3.00. The Labute approximate surface area is 99.1 Å². The molecule has 2 rings (SSSR count). The summed E-state index contributed by atoms with van der Waals surface area (Å²) in [6.45, 7) is 2.32. The average Bonchev–Trinajstić information content (AvgIpc) is 2.64. The number of halogens is 1. The molecule has 0 aromatic carbocycles. The van der Waals surface area contributed by atoms with Gasteiger partial charge in [0.15, 0.2) is 0 Å². The molecule has 1 aromatic heterocycles. The number of sulfonamides is 1. The number of pyridine rings is 1. The molecule has 94 valence electrons. The summed E-state index contributed by atoms with van der Waals surface area (Å²) in [4.78, 5) is 3.35. The van der Waals surface area contributed by atoms with E-state index in [4.69, 9.17) is 4.74 Å². The lowest BCUT2D eigenvalue weighted by Crippen LogP contribution is -2.39. The van der Waals surface area contributed by atoms with Crippen LogP contribution in [-0.4, -0.2) is 32.2 Å². The van der Waals surface area contributed by atoms with Crippen LogP contribution in [0, 0.1) is 5.82 Å². The molecule has 0 bridgehead atoms. The molecule has 1 aliphatic rings. The van der Waals surface area contributed by atoms with Crippen molar-refractivity contribution < 1.29 is 17.5 Å². The Morgan fingerprint density at radius 3 is 2.88 bits per heavy atom. The maximum Gasteiger partial charge on any atom is 0.242 e. The lowest BCUT2D eigenvalue weighted by Gasteiger charge is -2.15. The van der Waals surface area contributed by atoms with E-state index in [0.717, 1.165) is 18.5 Å². The van der Waals surface area contributed by atoms with Crippen molar-refractivity contribution in [1.82, 2.24) is 9.71 Å². The molecule has 7 heteroatoms. The van der Waals surface area contributed by atoms with E-state index in [2.05, 4.69) is 9.71 Å². The minimum absolute atomic E-state index is 0.170. The van der Waals surface area contributed by atoms with Crippen LogP contribution in [0.4, 0.5) is 4.39 Å². The molecular weight excluding hydrogens is 247 g/mol. The number of hydrogen-bond acceptors (Lipinski definition) is 4. The second-order valence-corrected chi connectivity index (χ2v) is 5.65. The third-order valence-corrected chi connectivity index (χ3v) is 4.13. The van der Waals surface area contributed by atoms with E-state index in [9.17, 15) is 12.8 Å². The van der Waals surface area contributed by atoms with Crippen LogP contribution in [0.15, 0.2) is 23.4 Å². The van der Waals surface area contributed by atoms with Gasteiger partial charge < -0.3 is 4.74 Å². The Morgan fingerprint density at radius 2 is 2.29 bits per heavy atom. The number of hydrogen-bond donors (Lipinski definition) is 1. The Morgan fingerprint density at radius 1 is 1.53 bits per heavy atom. The molecule has 1 aromatic rings. The first-order chi connectivity index (χ1) is 7.99. The van der Waals surface area contributed by atoms with Crippen molar-refractivity contribution in [3.63, 3.8) is 0 Å². The highest BCUT2D eigenvalue weighted by molar-refractivity contribution is 7.89. The van der Waals surface area contributed by atoms with Crippen LogP contribution in [0.3, 0.4) is 0 Å². The van der Waals surface area contributed by atoms with Gasteiger partial charge in [0.25, 0.3) is 0 Å². The summed E-state index contributed by atoms with van der Waals surface area (Å²) in [5.41, 5.74) is 0. The largest absolute Gasteiger partial charge is 0.377 e. The molecule has 0 saturated carbocycles. The van der Waals surface area contributed by atoms with Crippen molar-refractivity contribution in [2.45, 2.75) is 30.4 Å². The Hall–Kier alpha value is -1.05. The molecule has 1 N–H and O–H groups in total. The van der Waals surface area contributed by atoms with Gasteiger partial charge in [0.05, 0.1) is 18.3 Å². The van der Waals surface area contributed by atoms with Crippen LogP contribution in [0.5, 0.6) is 0 Å². The van der Waals surface area contributed by atoms with E-state index in [-0.39, 0.29) is 17.0 Å². The molecule has 1 fully saturated rings. The molecule has 0 amide bonds. The molecule has 17 heavy (non-hydrogen) atoms. The SMILES string of the molecule is CC1OCCC1NS(=O)(=O)c1cncc(F)c1. The molecule has 2 unspecified atom stereocenters. The quantitative estimate of drug-likeness (QED) is 0.867. The smallest absolute Gasteiger partial charge is 0.242 e. The summed E-state index contributed by atoms with van der Waals surface area (Å²) in [5.74, 6) is -0.677. The predicted molar refractivity (Wildman–Crippen MR) is 58.3 cm³/mol. The Balaban J connectivity index is 2.19. The van der Waals surface area contributed by atoms with Crippen molar-refractivity contribution in [3.05, 3.63) is 24.3 Å². The number of nitrogens with one attached hydrogen (secondary N) is 1. The first-order valence-electron chi connectivity index (χ1n) is 5.23. The standard InChI is InChI=1S/C10H13FN2O3S/c1-7-10(2-3-16-7)13-17(14,15)9-4-8(11)5-12-6-9/h4-7,10,13H,2-3H2,1H3. The zero-order valence-corrected chi connectivity index (χ0v) is 10.1. The van der Waals surface area contributed by atoms with Crippen molar-refractivity contribution in [3.8, 4) is 0 Å². The summed E-state index contributed by atoms with van der Waals surface area (Å²) < 4.78 is 44.5. The third-order valence-electron chi connectivity index (χ3n) is 2.67. The first kappa shape index (κ1) is 12.4. The minimum atomic E-state index is -3.73. The second-order valence-electron chi connectivity index (χ2n) is 3.93. The second kappa shape index (κ2) is 4.67. The monoisotopic (exact) mass is 260 g/mol. The molecular formula is C10H13FN2O3S. The van der Waals surface area contributed by atoms with Crippen molar-refractivity contribution in [2.75, 3.05) is 6.61 Å². The average molecular weight is 260 g/mol. The van der Waals surface area contributed by atoms with Crippen LogP contribution in [0.1, 0.15) is 13.3 Å². The number of nitrogens with zero attached hydrogens (tertiary/aromatic N) is 1. The lowest BCUT2D eigenvalue weighted by molar-refractivity contribution is 0.117. The normalized spacial score (nSPS) is 25.1. The zero-order chi connectivity index (χ0) is 12.5. The van der Waals surface area contributed by atoms with E-state index in [0.29, 0.717) is 13.0 Å². The van der Waals surface area contributed by atoms with Gasteiger partial charge in [-0.1, -0.05) is 0 Å². The Kier molecular flexibility index (Phi) is 3.41. The maximum atomic E-state index is 12.9. The van der Waals surface area contributed by atoms with Gasteiger partial charge in [0.2, 0.25) is 10.0 Å². The zero-order valence-electron chi connectivity index (χ0n) is 9.26. The van der Waals surface area contributed by atoms with Crippen molar-refractivity contribution in [1.29, 1.82) is 0 Å². The molecule has 2 atom stereocenters. The van der Waals surface area contributed by atoms with Gasteiger partial charge in [0, 0.05) is 12.8 Å². The lowest BCUT2D eigenvalue weighted by atomic mass is 10.2. The minimum Gasteiger partial charge on any atom is -0.377 e. The van der Waals surface area contributed by atoms with Gasteiger partial charge >= 0.3 is 0 Å². The molecule has 1 saturated heterocycles. The van der Waals surface area contributed by atoms with Gasteiger partial charge in [-0.2, -0.15) is 0 Å². The van der Waals surface area contributed by atoms with Crippen LogP contribution in [0.2, 0.25) is 0 Å². The fourth-order valence-electron chi connectivity index (χ4n) is 1.69. The molecule has 0 aliphatic carbocycles. The summed E-state index contributed by atoms with van der Waals surface area (Å²) >= 11 is 0. The summed E-state index contributed by atoms with van der Waals surface area (Å²) in [6.07, 6.45) is 2.52. The van der Waals surface area contributed by atoms with Crippen LogP contribution < -0.4 is 4.72 Å². The van der Waals surface area contributed by atoms with Crippen LogP contribution in [-0.2, 0) is 14.8 Å². The fraction of sp³-hybridized carbons (Fsp3) is 0.500. The highest BCUT2D eigenvalue weighted by Gasteiger charge is 2.29. The molecule has 5 nitrogen and oxygen atoms in total. The van der Waals surface area contributed by atoms with Crippen molar-refractivity contribution in [2.24, 2.45) is 0 Å². The molecule has 2 heterocycles.